The third-order valence-electron chi connectivity index (χ3n) is 8.07. The molecule has 0 amide bonds. The van der Waals surface area contributed by atoms with Gasteiger partial charge in [-0.05, 0) is 56.3 Å². The highest BCUT2D eigenvalue weighted by molar-refractivity contribution is 7.89. The minimum atomic E-state index is -4.48. The smallest absolute Gasteiger partial charge is 0.294 e. The average molecular weight is 736 g/mol. The summed E-state index contributed by atoms with van der Waals surface area (Å²) >= 11 is 0. The molecule has 5 N–H and O–H groups in total. The van der Waals surface area contributed by atoms with Crippen LogP contribution in [0.4, 0.5) is 17.1 Å². The van der Waals surface area contributed by atoms with Gasteiger partial charge in [-0.15, -0.1) is 0 Å². The van der Waals surface area contributed by atoms with Crippen LogP contribution in [0.15, 0.2) is 111 Å². The lowest BCUT2D eigenvalue weighted by molar-refractivity contribution is -0.403. The van der Waals surface area contributed by atoms with Crippen molar-refractivity contribution in [2.75, 3.05) is 25.6 Å². The Morgan fingerprint density at radius 3 is 2.28 bits per heavy atom. The van der Waals surface area contributed by atoms with Crippen LogP contribution in [0.25, 0.3) is 33.4 Å². The molecule has 0 atom stereocenters. The van der Waals surface area contributed by atoms with E-state index in [0.29, 0.717) is 44.9 Å². The number of hydrogen-bond acceptors (Lipinski definition) is 8. The van der Waals surface area contributed by atoms with Gasteiger partial charge in [0.2, 0.25) is 21.1 Å². The summed E-state index contributed by atoms with van der Waals surface area (Å²) < 4.78 is 74.6. The molecule has 6 rings (SSSR count). The van der Waals surface area contributed by atoms with Gasteiger partial charge in [-0.1, -0.05) is 36.4 Å². The van der Waals surface area contributed by atoms with Gasteiger partial charge in [-0.25, -0.2) is 18.1 Å². The number of ether oxygens (including phenoxy) is 1. The van der Waals surface area contributed by atoms with Crippen molar-refractivity contribution in [1.82, 2.24) is 4.72 Å². The Labute approximate surface area is 295 Å². The van der Waals surface area contributed by atoms with E-state index in [9.17, 15) is 26.5 Å². The number of benzene rings is 5. The van der Waals surface area contributed by atoms with Gasteiger partial charge in [0, 0.05) is 57.6 Å². The molecular weight excluding hydrogens is 702 g/mol. The van der Waals surface area contributed by atoms with Crippen LogP contribution < -0.4 is 37.5 Å². The summed E-state index contributed by atoms with van der Waals surface area (Å²) in [5.74, 6) is 0.803. The summed E-state index contributed by atoms with van der Waals surface area (Å²) in [6.07, 6.45) is 0. The van der Waals surface area contributed by atoms with Crippen LogP contribution in [-0.4, -0.2) is 46.8 Å². The van der Waals surface area contributed by atoms with Gasteiger partial charge in [0.15, 0.2) is 0 Å². The zero-order valence-corrected chi connectivity index (χ0v) is 29.6. The summed E-state index contributed by atoms with van der Waals surface area (Å²) in [7, 11) is -7.06. The van der Waals surface area contributed by atoms with Gasteiger partial charge in [-0.2, -0.15) is 8.42 Å². The summed E-state index contributed by atoms with van der Waals surface area (Å²) in [6, 6.07) is 27.4. The molecule has 4 aromatic rings. The number of aliphatic hydroxyl groups excluding tert-OH is 1. The van der Waals surface area contributed by atoms with E-state index in [2.05, 4.69) is 15.0 Å². The second-order valence-electron chi connectivity index (χ2n) is 11.4. The van der Waals surface area contributed by atoms with Crippen LogP contribution in [0, 0.1) is 13.8 Å². The lowest BCUT2D eigenvalue weighted by atomic mass is 9.93. The maximum absolute atomic E-state index is 13.5. The van der Waals surface area contributed by atoms with Gasteiger partial charge in [0.1, 0.15) is 17.1 Å². The number of aliphatic hydroxyl groups is 1. The van der Waals surface area contributed by atoms with E-state index < -0.39 is 20.1 Å². The van der Waals surface area contributed by atoms with Crippen LogP contribution in [-0.2, 0) is 20.1 Å². The summed E-state index contributed by atoms with van der Waals surface area (Å²) in [4.78, 5) is 3.21. The van der Waals surface area contributed by atoms with Gasteiger partial charge >= 0.3 is 0 Å². The zero-order chi connectivity index (χ0) is 34.9. The second-order valence-corrected chi connectivity index (χ2v) is 14.5. The number of hydrogen-bond donors (Lipinski definition) is 5. The first kappa shape index (κ1) is 36.5. The fourth-order valence-electron chi connectivity index (χ4n) is 5.76. The van der Waals surface area contributed by atoms with E-state index in [4.69, 9.17) is 9.15 Å². The molecule has 11 nitrogen and oxygen atoms in total. The highest BCUT2D eigenvalue weighted by Crippen LogP contribution is 2.43. The van der Waals surface area contributed by atoms with Crippen LogP contribution in [0.5, 0.6) is 5.75 Å². The maximum atomic E-state index is 13.5. The standard InChI is InChI=1S/C36H33N3O8S2.ClH/c1-22-7-6-8-23(2)36(22)39-25-12-15-28-33(20-25)47-32-19-24(38-30-21-26(49(43,44)45)13-16-31(30)46-3)11-14-27(32)35(28)29-9-4-5-10-34(29)48(41,42)37-17-18-40;/h4-16,19-21,37-38,40H,17-18H2,1-3H3,(H,43,44,45);1H. The normalized spacial score (nSPS) is 12.2. The van der Waals surface area contributed by atoms with Crippen molar-refractivity contribution in [2.45, 2.75) is 23.6 Å². The molecule has 0 bridgehead atoms. The highest BCUT2D eigenvalue weighted by atomic mass is 35.5. The molecule has 1 aliphatic heterocycles. The number of sulfonamides is 1. The molecule has 0 aromatic heterocycles. The number of halogens is 1. The molecule has 14 heteroatoms. The Morgan fingerprint density at radius 1 is 0.840 bits per heavy atom. The Morgan fingerprint density at radius 2 is 1.58 bits per heavy atom. The minimum Gasteiger partial charge on any atom is -1.00 e. The number of rotatable bonds is 10. The molecule has 50 heavy (non-hydrogen) atoms. The molecule has 0 spiro atoms. The molecule has 2 aliphatic rings. The van der Waals surface area contributed by atoms with Crippen molar-refractivity contribution < 1.29 is 53.0 Å². The number of methoxy groups -OCH3 is 1. The second kappa shape index (κ2) is 14.6. The molecule has 0 radical (unpaired) electrons. The maximum Gasteiger partial charge on any atom is 0.294 e. The SMILES string of the molecule is COc1ccc(S(=O)(=O)O)cc1Nc1ccc2c(-c3ccccc3S(=O)(=O)NCCO)c3ccc(=[NH+]c4c(C)cccc4C)cc-3oc2c1.[Cl-]. The first-order valence-corrected chi connectivity index (χ1v) is 18.1. The third-order valence-corrected chi connectivity index (χ3v) is 10.4. The van der Waals surface area contributed by atoms with E-state index in [-0.39, 0.29) is 41.0 Å². The van der Waals surface area contributed by atoms with Gasteiger partial charge in [-0.3, -0.25) is 4.55 Å². The Bertz CT molecular complexity index is 2460. The molecule has 1 aliphatic carbocycles. The number of para-hydroxylation sites is 1. The summed E-state index contributed by atoms with van der Waals surface area (Å²) in [6.45, 7) is 3.53. The molecular formula is C36H34ClN3O8S2. The topological polar surface area (TPSA) is 169 Å². The number of fused-ring (bicyclic) bond motifs is 2. The number of aryl methyl sites for hydroxylation is 2. The van der Waals surface area contributed by atoms with Crippen molar-refractivity contribution >= 4 is 48.2 Å². The predicted molar refractivity (Wildman–Crippen MR) is 186 cm³/mol. The minimum absolute atomic E-state index is 0. The quantitative estimate of drug-likeness (QED) is 0.103. The van der Waals surface area contributed by atoms with Crippen molar-refractivity contribution in [3.8, 4) is 28.2 Å². The fraction of sp³-hybridized carbons (Fsp3) is 0.139. The average Bonchev–Trinajstić information content (AvgIpc) is 3.07. The van der Waals surface area contributed by atoms with E-state index in [1.54, 1.807) is 36.4 Å². The van der Waals surface area contributed by atoms with Gasteiger partial charge in [0.25, 0.3) is 10.1 Å². The van der Waals surface area contributed by atoms with Crippen LogP contribution in [0.1, 0.15) is 11.1 Å². The van der Waals surface area contributed by atoms with Crippen molar-refractivity contribution in [3.63, 3.8) is 0 Å². The van der Waals surface area contributed by atoms with Gasteiger partial charge in [0.05, 0.1) is 35.3 Å². The number of anilines is 2. The van der Waals surface area contributed by atoms with E-state index in [1.165, 1.54) is 31.4 Å². The first-order chi connectivity index (χ1) is 23.4. The summed E-state index contributed by atoms with van der Waals surface area (Å²) in [5, 5.41) is 13.8. The van der Waals surface area contributed by atoms with E-state index in [0.717, 1.165) is 22.2 Å². The molecule has 0 fully saturated rings. The van der Waals surface area contributed by atoms with Crippen molar-refractivity contribution in [1.29, 1.82) is 0 Å². The fourth-order valence-corrected chi connectivity index (χ4v) is 7.50. The number of nitrogens with one attached hydrogen (secondary N) is 3. The van der Waals surface area contributed by atoms with Crippen LogP contribution in [0.3, 0.4) is 0 Å². The van der Waals surface area contributed by atoms with E-state index in [1.807, 2.05) is 50.2 Å². The molecule has 260 valence electrons. The Kier molecular flexibility index (Phi) is 10.7. The molecule has 1 heterocycles. The monoisotopic (exact) mass is 735 g/mol. The predicted octanol–water partition coefficient (Wildman–Crippen LogP) is 1.41. The zero-order valence-electron chi connectivity index (χ0n) is 27.2. The first-order valence-electron chi connectivity index (χ1n) is 15.2. The van der Waals surface area contributed by atoms with Gasteiger partial charge < -0.3 is 32.0 Å². The third kappa shape index (κ3) is 7.38. The molecule has 0 unspecified atom stereocenters. The molecule has 0 saturated heterocycles. The summed E-state index contributed by atoms with van der Waals surface area (Å²) in [5.41, 5.74) is 5.97. The lowest BCUT2D eigenvalue weighted by Gasteiger charge is -2.19. The highest BCUT2D eigenvalue weighted by Gasteiger charge is 2.25. The van der Waals surface area contributed by atoms with Crippen molar-refractivity contribution in [2.24, 2.45) is 0 Å². The Balaban J connectivity index is 0.00000486. The van der Waals surface area contributed by atoms with Crippen molar-refractivity contribution in [3.05, 3.63) is 114 Å². The molecule has 4 aromatic carbocycles. The van der Waals surface area contributed by atoms with E-state index >= 15 is 0 Å². The largest absolute Gasteiger partial charge is 1.00 e. The Hall–Kier alpha value is -4.76. The van der Waals surface area contributed by atoms with Crippen LogP contribution in [0.2, 0.25) is 0 Å². The lowest BCUT2D eigenvalue weighted by Crippen LogP contribution is -3.00. The molecule has 0 saturated carbocycles. The van der Waals surface area contributed by atoms with Crippen LogP contribution >= 0.6 is 0 Å².